The van der Waals surface area contributed by atoms with Gasteiger partial charge in [-0.1, -0.05) is 74.5 Å². The normalized spacial score (nSPS) is 26.5. The van der Waals surface area contributed by atoms with Crippen LogP contribution < -0.4 is 0 Å². The number of hydrogen-bond donors (Lipinski definition) is 0. The Bertz CT molecular complexity index is 1000. The molecule has 0 saturated heterocycles. The molecule has 4 rings (SSSR count). The quantitative estimate of drug-likeness (QED) is 0.739. The fourth-order valence-corrected chi connectivity index (χ4v) is 6.98. The Morgan fingerprint density at radius 1 is 0.852 bits per heavy atom. The van der Waals surface area contributed by atoms with Gasteiger partial charge >= 0.3 is 0 Å². The van der Waals surface area contributed by atoms with E-state index in [1.54, 1.807) is 0 Å². The summed E-state index contributed by atoms with van der Waals surface area (Å²) in [5.41, 5.74) is 2.03. The van der Waals surface area contributed by atoms with Crippen LogP contribution in [0.1, 0.15) is 55.4 Å². The predicted molar refractivity (Wildman–Crippen MR) is 107 cm³/mol. The van der Waals surface area contributed by atoms with Crippen molar-refractivity contribution in [1.82, 2.24) is 0 Å². The van der Waals surface area contributed by atoms with E-state index in [2.05, 4.69) is 0 Å². The average Bonchev–Trinajstić information content (AvgIpc) is 2.63. The van der Waals surface area contributed by atoms with Crippen molar-refractivity contribution in [3.8, 4) is 0 Å². The molecular weight excluding hydrogens is 356 g/mol. The van der Waals surface area contributed by atoms with E-state index < -0.39 is 15.1 Å². The van der Waals surface area contributed by atoms with Crippen LogP contribution in [0.15, 0.2) is 71.1 Å². The van der Waals surface area contributed by atoms with Crippen LogP contribution in [0, 0.1) is 5.41 Å². The van der Waals surface area contributed by atoms with Crippen molar-refractivity contribution in [1.29, 1.82) is 0 Å². The van der Waals surface area contributed by atoms with Crippen LogP contribution in [0.2, 0.25) is 0 Å². The maximum atomic E-state index is 13.5. The molecule has 0 aromatic heterocycles. The molecule has 0 radical (unpaired) electrons. The van der Waals surface area contributed by atoms with Gasteiger partial charge in [-0.25, -0.2) is 8.42 Å². The molecule has 2 aromatic rings. The fourth-order valence-electron chi connectivity index (χ4n) is 4.52. The molecule has 0 spiro atoms. The van der Waals surface area contributed by atoms with Crippen LogP contribution in [0.5, 0.6) is 0 Å². The van der Waals surface area contributed by atoms with Gasteiger partial charge in [0, 0.05) is 17.9 Å². The van der Waals surface area contributed by atoms with Crippen LogP contribution in [0.25, 0.3) is 0 Å². The highest BCUT2D eigenvalue weighted by molar-refractivity contribution is 7.95. The number of allylic oxidation sites excluding steroid dienone is 2. The second-order valence-electron chi connectivity index (χ2n) is 8.42. The summed E-state index contributed by atoms with van der Waals surface area (Å²) in [6.07, 6.45) is 1.26. The smallest absolute Gasteiger partial charge is 0.182 e. The lowest BCUT2D eigenvalue weighted by molar-refractivity contribution is -0.118. The molecule has 140 valence electrons. The zero-order chi connectivity index (χ0) is 19.2. The second-order valence-corrected chi connectivity index (χ2v) is 10.6. The summed E-state index contributed by atoms with van der Waals surface area (Å²) in [6.45, 7) is 3.96. The van der Waals surface area contributed by atoms with E-state index in [9.17, 15) is 13.2 Å². The lowest BCUT2D eigenvalue weighted by Gasteiger charge is -2.40. The zero-order valence-electron chi connectivity index (χ0n) is 15.7. The molecule has 0 fully saturated rings. The Hall–Kier alpha value is -2.20. The largest absolute Gasteiger partial charge is 0.294 e. The minimum absolute atomic E-state index is 0.00908. The van der Waals surface area contributed by atoms with Crippen LogP contribution in [-0.4, -0.2) is 14.2 Å². The first kappa shape index (κ1) is 18.2. The number of rotatable bonds is 2. The van der Waals surface area contributed by atoms with Gasteiger partial charge < -0.3 is 0 Å². The second kappa shape index (κ2) is 6.45. The standard InChI is InChI=1S/C23H24O3S/c1-23(2)14-19(24)22-18(16-9-5-3-6-10-16)13-20(17-11-7-4-8-12-17)27(25,26)21(22)15-23/h3-12,18,20H,13-15H2,1-2H3. The van der Waals surface area contributed by atoms with Gasteiger partial charge in [0.25, 0.3) is 0 Å². The van der Waals surface area contributed by atoms with Gasteiger partial charge in [0.2, 0.25) is 0 Å². The third-order valence-electron chi connectivity index (χ3n) is 5.77. The first-order valence-corrected chi connectivity index (χ1v) is 10.9. The molecule has 0 bridgehead atoms. The molecule has 2 aliphatic rings. The van der Waals surface area contributed by atoms with E-state index in [0.29, 0.717) is 29.7 Å². The topological polar surface area (TPSA) is 51.2 Å². The Balaban J connectivity index is 1.94. The van der Waals surface area contributed by atoms with E-state index in [4.69, 9.17) is 0 Å². The summed E-state index contributed by atoms with van der Waals surface area (Å²) >= 11 is 0. The third-order valence-corrected chi connectivity index (χ3v) is 8.03. The molecule has 1 aliphatic carbocycles. The van der Waals surface area contributed by atoms with Crippen molar-refractivity contribution in [3.05, 3.63) is 82.3 Å². The summed E-state index contributed by atoms with van der Waals surface area (Å²) in [7, 11) is -3.56. The van der Waals surface area contributed by atoms with E-state index in [-0.39, 0.29) is 17.1 Å². The van der Waals surface area contributed by atoms with Gasteiger partial charge in [-0.05, 0) is 29.4 Å². The van der Waals surface area contributed by atoms with E-state index in [1.165, 1.54) is 0 Å². The molecule has 1 aliphatic heterocycles. The Labute approximate surface area is 161 Å². The van der Waals surface area contributed by atoms with Gasteiger partial charge in [0.05, 0.1) is 10.2 Å². The maximum Gasteiger partial charge on any atom is 0.182 e. The van der Waals surface area contributed by atoms with Crippen LogP contribution in [0.4, 0.5) is 0 Å². The van der Waals surface area contributed by atoms with Crippen molar-refractivity contribution in [2.75, 3.05) is 0 Å². The molecule has 1 heterocycles. The van der Waals surface area contributed by atoms with Crippen molar-refractivity contribution >= 4 is 15.6 Å². The lowest BCUT2D eigenvalue weighted by Crippen LogP contribution is -2.36. The van der Waals surface area contributed by atoms with Gasteiger partial charge in [-0.2, -0.15) is 0 Å². The Morgan fingerprint density at radius 2 is 1.41 bits per heavy atom. The monoisotopic (exact) mass is 380 g/mol. The maximum absolute atomic E-state index is 13.5. The van der Waals surface area contributed by atoms with Gasteiger partial charge in [0.15, 0.2) is 15.6 Å². The van der Waals surface area contributed by atoms with Crippen LogP contribution in [0.3, 0.4) is 0 Å². The average molecular weight is 381 g/mol. The van der Waals surface area contributed by atoms with E-state index in [0.717, 1.165) is 11.1 Å². The number of sulfone groups is 1. The summed E-state index contributed by atoms with van der Waals surface area (Å²) in [5.74, 6) is -0.177. The minimum atomic E-state index is -3.56. The molecule has 0 saturated carbocycles. The molecule has 2 aromatic carbocycles. The van der Waals surface area contributed by atoms with Crippen molar-refractivity contribution in [2.24, 2.45) is 5.41 Å². The van der Waals surface area contributed by atoms with Gasteiger partial charge in [0.1, 0.15) is 0 Å². The summed E-state index contributed by atoms with van der Waals surface area (Å²) in [5, 5.41) is -0.607. The zero-order valence-corrected chi connectivity index (χ0v) is 16.5. The number of benzene rings is 2. The van der Waals surface area contributed by atoms with Crippen LogP contribution in [-0.2, 0) is 14.6 Å². The Kier molecular flexibility index (Phi) is 4.34. The molecule has 0 amide bonds. The highest BCUT2D eigenvalue weighted by Gasteiger charge is 2.48. The first-order valence-electron chi connectivity index (χ1n) is 9.40. The van der Waals surface area contributed by atoms with Crippen molar-refractivity contribution in [3.63, 3.8) is 0 Å². The number of carbonyl (C=O) groups is 1. The predicted octanol–water partition coefficient (Wildman–Crippen LogP) is 4.97. The molecular formula is C23H24O3S. The Morgan fingerprint density at radius 3 is 2.00 bits per heavy atom. The molecule has 2 atom stereocenters. The highest BCUT2D eigenvalue weighted by Crippen LogP contribution is 2.53. The van der Waals surface area contributed by atoms with Crippen molar-refractivity contribution < 1.29 is 13.2 Å². The number of ketones is 1. The van der Waals surface area contributed by atoms with E-state index in [1.807, 2.05) is 74.5 Å². The third kappa shape index (κ3) is 3.16. The summed E-state index contributed by atoms with van der Waals surface area (Å²) < 4.78 is 27.1. The molecule has 4 heteroatoms. The number of Topliss-reactive ketones (excluding diaryl/α,β-unsaturated/α-hetero) is 1. The fraction of sp³-hybridized carbons (Fsp3) is 0.348. The van der Waals surface area contributed by atoms with Crippen molar-refractivity contribution in [2.45, 2.75) is 44.3 Å². The van der Waals surface area contributed by atoms with Crippen LogP contribution >= 0.6 is 0 Å². The van der Waals surface area contributed by atoms with E-state index >= 15 is 0 Å². The molecule has 27 heavy (non-hydrogen) atoms. The summed E-state index contributed by atoms with van der Waals surface area (Å²) in [6, 6.07) is 19.3. The molecule has 3 nitrogen and oxygen atoms in total. The number of hydrogen-bond acceptors (Lipinski definition) is 3. The summed E-state index contributed by atoms with van der Waals surface area (Å²) in [4.78, 5) is 13.4. The SMILES string of the molecule is CC1(C)CC(=O)C2=C(C1)S(=O)(=O)C(c1ccccc1)CC2c1ccccc1. The minimum Gasteiger partial charge on any atom is -0.294 e. The first-order chi connectivity index (χ1) is 12.8. The highest BCUT2D eigenvalue weighted by atomic mass is 32.2. The van der Waals surface area contributed by atoms with Gasteiger partial charge in [-0.3, -0.25) is 4.79 Å². The van der Waals surface area contributed by atoms with Gasteiger partial charge in [-0.15, -0.1) is 0 Å². The lowest BCUT2D eigenvalue weighted by atomic mass is 9.72. The number of carbonyl (C=O) groups excluding carboxylic acids is 1. The molecule has 0 N–H and O–H groups in total. The molecule has 2 unspecified atom stereocenters.